The first-order valence-corrected chi connectivity index (χ1v) is 10.8. The van der Waals surface area contributed by atoms with Gasteiger partial charge >= 0.3 is 0 Å². The minimum Gasteiger partial charge on any atom is -0.494 e. The zero-order valence-corrected chi connectivity index (χ0v) is 17.5. The predicted molar refractivity (Wildman–Crippen MR) is 119 cm³/mol. The van der Waals surface area contributed by atoms with Crippen LogP contribution in [0.25, 0.3) is 0 Å². The van der Waals surface area contributed by atoms with E-state index in [1.165, 1.54) is 44.9 Å². The van der Waals surface area contributed by atoms with Crippen LogP contribution in [0.4, 0.5) is 5.82 Å². The van der Waals surface area contributed by atoms with E-state index in [1.807, 2.05) is 43.3 Å². The molecule has 2 N–H and O–H groups in total. The molecule has 0 aliphatic rings. The molecule has 0 radical (unpaired) electrons. The Morgan fingerprint density at radius 3 is 2.29 bits per heavy atom. The second kappa shape index (κ2) is 12.9. The highest BCUT2D eigenvalue weighted by Crippen LogP contribution is 2.19. The number of unbranched alkanes of at least 4 members (excludes halogenated alkanes) is 7. The van der Waals surface area contributed by atoms with Gasteiger partial charge in [-0.2, -0.15) is 0 Å². The Balaban J connectivity index is 1.82. The van der Waals surface area contributed by atoms with Crippen LogP contribution in [0.1, 0.15) is 76.3 Å². The molecule has 0 amide bonds. The molecule has 4 heteroatoms. The van der Waals surface area contributed by atoms with Gasteiger partial charge < -0.3 is 10.1 Å². The molecule has 0 saturated carbocycles. The Hall–Kier alpha value is -2.36. The summed E-state index contributed by atoms with van der Waals surface area (Å²) in [7, 11) is 0. The number of benzene rings is 1. The Kier molecular flexibility index (Phi) is 10.1. The van der Waals surface area contributed by atoms with Crippen molar-refractivity contribution in [3.8, 4) is 5.75 Å². The maximum atomic E-state index is 8.59. The van der Waals surface area contributed by atoms with Crippen LogP contribution in [0.5, 0.6) is 5.75 Å². The summed E-state index contributed by atoms with van der Waals surface area (Å²) >= 11 is 0. The number of hydrogen-bond acceptors (Lipinski definition) is 4. The fourth-order valence-corrected chi connectivity index (χ4v) is 3.25. The second-order valence-electron chi connectivity index (χ2n) is 7.13. The largest absolute Gasteiger partial charge is 0.494 e. The molecule has 1 aromatic heterocycles. The van der Waals surface area contributed by atoms with E-state index in [-0.39, 0.29) is 0 Å². The van der Waals surface area contributed by atoms with Gasteiger partial charge in [0, 0.05) is 23.9 Å². The van der Waals surface area contributed by atoms with Crippen molar-refractivity contribution in [1.82, 2.24) is 4.98 Å². The lowest BCUT2D eigenvalue weighted by Gasteiger charge is -2.12. The lowest BCUT2D eigenvalue weighted by molar-refractivity contribution is 0.340. The fraction of sp³-hybridized carbons (Fsp3) is 0.500. The zero-order chi connectivity index (χ0) is 20.0. The summed E-state index contributed by atoms with van der Waals surface area (Å²) in [6, 6.07) is 11.5. The van der Waals surface area contributed by atoms with Gasteiger partial charge in [-0.1, -0.05) is 51.9 Å². The molecule has 0 unspecified atom stereocenters. The van der Waals surface area contributed by atoms with Crippen molar-refractivity contribution in [3.63, 3.8) is 0 Å². The number of rotatable bonds is 14. The predicted octanol–water partition coefficient (Wildman–Crippen LogP) is 6.45. The lowest BCUT2D eigenvalue weighted by Crippen LogP contribution is -2.10. The summed E-state index contributed by atoms with van der Waals surface area (Å²) in [5.74, 6) is 1.63. The third-order valence-electron chi connectivity index (χ3n) is 4.85. The molecule has 0 bridgehead atoms. The fourth-order valence-electron chi connectivity index (χ4n) is 3.25. The first kappa shape index (κ1) is 21.9. The van der Waals surface area contributed by atoms with Crippen LogP contribution in [0.3, 0.4) is 0 Å². The Morgan fingerprint density at radius 1 is 0.929 bits per heavy atom. The van der Waals surface area contributed by atoms with E-state index in [1.54, 1.807) is 6.20 Å². The average molecular weight is 382 g/mol. The van der Waals surface area contributed by atoms with Gasteiger partial charge in [0.1, 0.15) is 11.6 Å². The number of aromatic nitrogens is 1. The van der Waals surface area contributed by atoms with Crippen molar-refractivity contribution in [2.75, 3.05) is 18.5 Å². The van der Waals surface area contributed by atoms with Gasteiger partial charge in [-0.05, 0) is 49.7 Å². The third-order valence-corrected chi connectivity index (χ3v) is 4.85. The van der Waals surface area contributed by atoms with Crippen LogP contribution in [0.15, 0.2) is 42.6 Å². The highest BCUT2D eigenvalue weighted by molar-refractivity contribution is 6.13. The monoisotopic (exact) mass is 381 g/mol. The molecule has 2 aromatic rings. The maximum absolute atomic E-state index is 8.59. The van der Waals surface area contributed by atoms with Crippen LogP contribution in [0.2, 0.25) is 0 Å². The second-order valence-corrected chi connectivity index (χ2v) is 7.13. The molecule has 0 aliphatic carbocycles. The summed E-state index contributed by atoms with van der Waals surface area (Å²) in [6.45, 7) is 5.77. The van der Waals surface area contributed by atoms with E-state index >= 15 is 0 Å². The van der Waals surface area contributed by atoms with E-state index in [4.69, 9.17) is 10.1 Å². The number of ether oxygens (including phenoxy) is 1. The molecule has 0 atom stereocenters. The van der Waals surface area contributed by atoms with Gasteiger partial charge in [-0.15, -0.1) is 0 Å². The highest BCUT2D eigenvalue weighted by atomic mass is 16.5. The SMILES string of the molecule is CCCCCCCCCCNc1ncccc1C(=N)c1ccc(OCC)cc1. The Bertz CT molecular complexity index is 697. The topological polar surface area (TPSA) is 58.0 Å². The van der Waals surface area contributed by atoms with Crippen LogP contribution >= 0.6 is 0 Å². The molecular formula is C24H35N3O. The summed E-state index contributed by atoms with van der Waals surface area (Å²) in [4.78, 5) is 4.46. The van der Waals surface area contributed by atoms with Crippen LogP contribution in [-0.2, 0) is 0 Å². The van der Waals surface area contributed by atoms with Gasteiger partial charge in [0.05, 0.1) is 12.3 Å². The van der Waals surface area contributed by atoms with E-state index in [0.717, 1.165) is 35.7 Å². The standard InChI is InChI=1S/C24H35N3O/c1-3-5-6-7-8-9-10-11-18-26-24-22(13-12-19-27-24)23(25)20-14-16-21(17-15-20)28-4-2/h12-17,19,25H,3-11,18H2,1-2H3,(H,26,27). The molecule has 0 spiro atoms. The number of pyridine rings is 1. The molecule has 0 aliphatic heterocycles. The number of nitrogens with one attached hydrogen (secondary N) is 2. The summed E-state index contributed by atoms with van der Waals surface area (Å²) < 4.78 is 5.49. The smallest absolute Gasteiger partial charge is 0.135 e. The van der Waals surface area contributed by atoms with Crippen molar-refractivity contribution >= 4 is 11.5 Å². The van der Waals surface area contributed by atoms with Crippen molar-refractivity contribution in [2.45, 2.75) is 65.2 Å². The van der Waals surface area contributed by atoms with E-state index in [0.29, 0.717) is 12.3 Å². The maximum Gasteiger partial charge on any atom is 0.135 e. The van der Waals surface area contributed by atoms with E-state index in [2.05, 4.69) is 17.2 Å². The first-order valence-electron chi connectivity index (χ1n) is 10.8. The van der Waals surface area contributed by atoms with E-state index in [9.17, 15) is 0 Å². The molecular weight excluding hydrogens is 346 g/mol. The molecule has 152 valence electrons. The Morgan fingerprint density at radius 2 is 1.61 bits per heavy atom. The van der Waals surface area contributed by atoms with Gasteiger partial charge in [-0.25, -0.2) is 4.98 Å². The zero-order valence-electron chi connectivity index (χ0n) is 17.5. The van der Waals surface area contributed by atoms with E-state index < -0.39 is 0 Å². The van der Waals surface area contributed by atoms with Gasteiger partial charge in [-0.3, -0.25) is 5.41 Å². The van der Waals surface area contributed by atoms with Gasteiger partial charge in [0.15, 0.2) is 0 Å². The molecule has 28 heavy (non-hydrogen) atoms. The van der Waals surface area contributed by atoms with Crippen molar-refractivity contribution in [3.05, 3.63) is 53.7 Å². The summed E-state index contributed by atoms with van der Waals surface area (Å²) in [5.41, 5.74) is 2.19. The van der Waals surface area contributed by atoms with Gasteiger partial charge in [0.25, 0.3) is 0 Å². The van der Waals surface area contributed by atoms with Crippen molar-refractivity contribution in [2.24, 2.45) is 0 Å². The van der Waals surface area contributed by atoms with Crippen LogP contribution in [0, 0.1) is 5.41 Å². The normalized spacial score (nSPS) is 10.6. The minimum atomic E-state index is 0.481. The van der Waals surface area contributed by atoms with Crippen LogP contribution in [-0.4, -0.2) is 23.8 Å². The summed E-state index contributed by atoms with van der Waals surface area (Å²) in [5, 5.41) is 12.0. The van der Waals surface area contributed by atoms with Crippen molar-refractivity contribution in [1.29, 1.82) is 5.41 Å². The number of hydrogen-bond donors (Lipinski definition) is 2. The number of nitrogens with zero attached hydrogens (tertiary/aromatic N) is 1. The molecule has 1 heterocycles. The molecule has 0 saturated heterocycles. The molecule has 2 rings (SSSR count). The Labute approximate surface area is 170 Å². The van der Waals surface area contributed by atoms with Crippen LogP contribution < -0.4 is 10.1 Å². The summed E-state index contributed by atoms with van der Waals surface area (Å²) in [6.07, 6.45) is 12.2. The number of anilines is 1. The minimum absolute atomic E-state index is 0.481. The third kappa shape index (κ3) is 7.34. The lowest BCUT2D eigenvalue weighted by atomic mass is 10.0. The quantitative estimate of drug-likeness (QED) is 0.292. The average Bonchev–Trinajstić information content (AvgIpc) is 2.73. The van der Waals surface area contributed by atoms with Crippen molar-refractivity contribution < 1.29 is 4.74 Å². The molecule has 0 fully saturated rings. The highest BCUT2D eigenvalue weighted by Gasteiger charge is 2.11. The molecule has 4 nitrogen and oxygen atoms in total. The van der Waals surface area contributed by atoms with Gasteiger partial charge in [0.2, 0.25) is 0 Å². The first-order chi connectivity index (χ1) is 13.8. The molecule has 1 aromatic carbocycles.